The first-order valence-corrected chi connectivity index (χ1v) is 10.2. The van der Waals surface area contributed by atoms with E-state index in [0.717, 1.165) is 12.0 Å². The van der Waals surface area contributed by atoms with Gasteiger partial charge in [-0.2, -0.15) is 0 Å². The fourth-order valence-electron chi connectivity index (χ4n) is 2.77. The molecule has 2 aromatic rings. The van der Waals surface area contributed by atoms with Gasteiger partial charge < -0.3 is 9.47 Å². The first-order chi connectivity index (χ1) is 14.1. The highest BCUT2D eigenvalue weighted by molar-refractivity contribution is 8.18. The Morgan fingerprint density at radius 3 is 2.66 bits per heavy atom. The Bertz CT molecular complexity index is 959. The molecule has 152 valence electrons. The quantitative estimate of drug-likeness (QED) is 0.581. The molecule has 0 atom stereocenters. The molecular formula is C22H23FN2O3S. The van der Waals surface area contributed by atoms with Crippen LogP contribution in [0.15, 0.2) is 52.4 Å². The highest BCUT2D eigenvalue weighted by atomic mass is 32.2. The van der Waals surface area contributed by atoms with E-state index < -0.39 is 5.82 Å². The van der Waals surface area contributed by atoms with E-state index in [4.69, 9.17) is 9.47 Å². The summed E-state index contributed by atoms with van der Waals surface area (Å²) in [5.41, 5.74) is 1.02. The number of amidine groups is 1. The van der Waals surface area contributed by atoms with Crippen LogP contribution in [0.5, 0.6) is 11.5 Å². The molecule has 7 heteroatoms. The maximum Gasteiger partial charge on any atom is 0.266 e. The Labute approximate surface area is 174 Å². The van der Waals surface area contributed by atoms with E-state index in [1.807, 2.05) is 32.0 Å². The fraction of sp³-hybridized carbons (Fsp3) is 0.273. The minimum absolute atomic E-state index is 0.155. The minimum Gasteiger partial charge on any atom is -0.493 e. The number of hydrogen-bond donors (Lipinski definition) is 0. The summed E-state index contributed by atoms with van der Waals surface area (Å²) in [5.74, 6) is 0.696. The van der Waals surface area contributed by atoms with Crippen LogP contribution in [-0.4, -0.2) is 36.2 Å². The lowest BCUT2D eigenvalue weighted by molar-refractivity contribution is -0.122. The van der Waals surface area contributed by atoms with Crippen molar-refractivity contribution in [1.82, 2.24) is 4.90 Å². The lowest BCUT2D eigenvalue weighted by Gasteiger charge is -2.12. The zero-order valence-corrected chi connectivity index (χ0v) is 17.5. The predicted octanol–water partition coefficient (Wildman–Crippen LogP) is 5.25. The van der Waals surface area contributed by atoms with Crippen molar-refractivity contribution in [3.8, 4) is 11.5 Å². The number of para-hydroxylation sites is 1. The van der Waals surface area contributed by atoms with Crippen molar-refractivity contribution in [3.63, 3.8) is 0 Å². The molecule has 0 saturated carbocycles. The number of hydrogen-bond acceptors (Lipinski definition) is 5. The number of halogens is 1. The molecule has 0 unspecified atom stereocenters. The van der Waals surface area contributed by atoms with Crippen molar-refractivity contribution in [2.24, 2.45) is 4.99 Å². The number of aliphatic imine (C=N–C) groups is 1. The number of thioether (sulfide) groups is 1. The molecule has 1 amide bonds. The number of ether oxygens (including phenoxy) is 2. The summed E-state index contributed by atoms with van der Waals surface area (Å²) >= 11 is 1.23. The van der Waals surface area contributed by atoms with E-state index in [9.17, 15) is 9.18 Å². The van der Waals surface area contributed by atoms with Crippen molar-refractivity contribution in [1.29, 1.82) is 0 Å². The summed E-state index contributed by atoms with van der Waals surface area (Å²) in [5, 5.41) is 0.462. The van der Waals surface area contributed by atoms with E-state index in [1.54, 1.807) is 36.3 Å². The van der Waals surface area contributed by atoms with E-state index >= 15 is 0 Å². The standard InChI is InChI=1S/C22H23FN2O3S/c1-4-12-28-18-11-10-15(13-19(18)27-3)14-20-21(26)25(5-2)22(29-20)24-17-9-7-6-8-16(17)23/h6-11,13-14H,4-5,12H2,1-3H3/b20-14+,24-22?. The second-order valence-electron chi connectivity index (χ2n) is 6.26. The molecule has 1 aliphatic rings. The fourth-order valence-corrected chi connectivity index (χ4v) is 3.83. The van der Waals surface area contributed by atoms with Gasteiger partial charge in [0.1, 0.15) is 11.5 Å². The summed E-state index contributed by atoms with van der Waals surface area (Å²) < 4.78 is 25.0. The average molecular weight is 415 g/mol. The SMILES string of the molecule is CCCOc1ccc(/C=C2/SC(=Nc3ccccc3F)N(CC)C2=O)cc1OC. The molecule has 2 aromatic carbocycles. The Morgan fingerprint density at radius 1 is 1.17 bits per heavy atom. The lowest BCUT2D eigenvalue weighted by Crippen LogP contribution is -2.28. The molecule has 1 aliphatic heterocycles. The zero-order chi connectivity index (χ0) is 20.8. The molecule has 0 aliphatic carbocycles. The van der Waals surface area contributed by atoms with Gasteiger partial charge in [0, 0.05) is 6.54 Å². The minimum atomic E-state index is -0.422. The third kappa shape index (κ3) is 4.79. The number of likely N-dealkylation sites (N-methyl/N-ethyl adjacent to an activating group) is 1. The Balaban J connectivity index is 1.90. The van der Waals surface area contributed by atoms with Gasteiger partial charge in [0.25, 0.3) is 5.91 Å². The Kier molecular flexibility index (Phi) is 6.93. The van der Waals surface area contributed by atoms with Gasteiger partial charge in [0.2, 0.25) is 0 Å². The molecule has 0 bridgehead atoms. The third-order valence-corrected chi connectivity index (χ3v) is 5.23. The molecule has 5 nitrogen and oxygen atoms in total. The van der Waals surface area contributed by atoms with Gasteiger partial charge in [-0.1, -0.05) is 25.1 Å². The summed E-state index contributed by atoms with van der Waals surface area (Å²) in [4.78, 5) is 19.2. The van der Waals surface area contributed by atoms with Crippen LogP contribution in [0.4, 0.5) is 10.1 Å². The van der Waals surface area contributed by atoms with Crippen molar-refractivity contribution in [2.45, 2.75) is 20.3 Å². The molecule has 0 radical (unpaired) electrons. The van der Waals surface area contributed by atoms with Gasteiger partial charge in [0.15, 0.2) is 16.7 Å². The monoisotopic (exact) mass is 414 g/mol. The lowest BCUT2D eigenvalue weighted by atomic mass is 10.2. The zero-order valence-electron chi connectivity index (χ0n) is 16.6. The van der Waals surface area contributed by atoms with Crippen LogP contribution in [0.1, 0.15) is 25.8 Å². The number of carbonyl (C=O) groups excluding carboxylic acids is 1. The summed E-state index contributed by atoms with van der Waals surface area (Å²) in [6.07, 6.45) is 2.68. The van der Waals surface area contributed by atoms with Crippen LogP contribution in [0.3, 0.4) is 0 Å². The molecule has 29 heavy (non-hydrogen) atoms. The molecule has 1 heterocycles. The first kappa shape index (κ1) is 20.9. The van der Waals surface area contributed by atoms with Gasteiger partial charge in [-0.05, 0) is 61.0 Å². The van der Waals surface area contributed by atoms with Crippen LogP contribution < -0.4 is 9.47 Å². The van der Waals surface area contributed by atoms with Crippen molar-refractivity contribution < 1.29 is 18.7 Å². The number of carbonyl (C=O) groups is 1. The van der Waals surface area contributed by atoms with Crippen LogP contribution >= 0.6 is 11.8 Å². The third-order valence-electron chi connectivity index (χ3n) is 4.22. The summed E-state index contributed by atoms with van der Waals surface area (Å²) in [6, 6.07) is 11.8. The van der Waals surface area contributed by atoms with Gasteiger partial charge in [-0.15, -0.1) is 0 Å². The van der Waals surface area contributed by atoms with Crippen LogP contribution in [0.2, 0.25) is 0 Å². The number of amides is 1. The smallest absolute Gasteiger partial charge is 0.266 e. The molecule has 0 N–H and O–H groups in total. The number of nitrogens with zero attached hydrogens (tertiary/aromatic N) is 2. The molecule has 0 aromatic heterocycles. The van der Waals surface area contributed by atoms with E-state index in [1.165, 1.54) is 17.8 Å². The van der Waals surface area contributed by atoms with Crippen molar-refractivity contribution >= 4 is 34.6 Å². The highest BCUT2D eigenvalue weighted by Crippen LogP contribution is 2.36. The Hall–Kier alpha value is -2.80. The summed E-state index contributed by atoms with van der Waals surface area (Å²) in [7, 11) is 1.58. The topological polar surface area (TPSA) is 51.1 Å². The van der Waals surface area contributed by atoms with Gasteiger partial charge in [0.05, 0.1) is 18.6 Å². The second kappa shape index (κ2) is 9.60. The largest absolute Gasteiger partial charge is 0.493 e. The van der Waals surface area contributed by atoms with Gasteiger partial charge in [-0.3, -0.25) is 9.69 Å². The van der Waals surface area contributed by atoms with Crippen LogP contribution in [-0.2, 0) is 4.79 Å². The maximum absolute atomic E-state index is 14.0. The van der Waals surface area contributed by atoms with Crippen molar-refractivity contribution in [2.75, 3.05) is 20.3 Å². The van der Waals surface area contributed by atoms with Gasteiger partial charge in [-0.25, -0.2) is 9.38 Å². The van der Waals surface area contributed by atoms with E-state index in [0.29, 0.717) is 34.7 Å². The van der Waals surface area contributed by atoms with Crippen molar-refractivity contribution in [3.05, 3.63) is 58.8 Å². The summed E-state index contributed by atoms with van der Waals surface area (Å²) in [6.45, 7) is 4.95. The molecule has 1 saturated heterocycles. The molecule has 0 spiro atoms. The number of benzene rings is 2. The average Bonchev–Trinajstić information content (AvgIpc) is 3.02. The highest BCUT2D eigenvalue weighted by Gasteiger charge is 2.32. The predicted molar refractivity (Wildman–Crippen MR) is 115 cm³/mol. The second-order valence-corrected chi connectivity index (χ2v) is 7.27. The van der Waals surface area contributed by atoms with Crippen LogP contribution in [0.25, 0.3) is 6.08 Å². The maximum atomic E-state index is 14.0. The van der Waals surface area contributed by atoms with Crippen LogP contribution in [0, 0.1) is 5.82 Å². The number of rotatable bonds is 7. The van der Waals surface area contributed by atoms with E-state index in [-0.39, 0.29) is 11.6 Å². The number of methoxy groups -OCH3 is 1. The Morgan fingerprint density at radius 2 is 1.97 bits per heavy atom. The van der Waals surface area contributed by atoms with Gasteiger partial charge >= 0.3 is 0 Å². The molecule has 1 fully saturated rings. The molecule has 3 rings (SSSR count). The normalized spacial score (nSPS) is 16.7. The van der Waals surface area contributed by atoms with E-state index in [2.05, 4.69) is 4.99 Å². The first-order valence-electron chi connectivity index (χ1n) is 9.42. The molecular weight excluding hydrogens is 391 g/mol.